The zero-order valence-corrected chi connectivity index (χ0v) is 10.3. The van der Waals surface area contributed by atoms with Crippen molar-refractivity contribution in [1.82, 2.24) is 5.32 Å². The summed E-state index contributed by atoms with van der Waals surface area (Å²) in [6.07, 6.45) is 3.21. The summed E-state index contributed by atoms with van der Waals surface area (Å²) in [6, 6.07) is 0. The van der Waals surface area contributed by atoms with Gasteiger partial charge >= 0.3 is 0 Å². The second-order valence-electron chi connectivity index (χ2n) is 3.24. The summed E-state index contributed by atoms with van der Waals surface area (Å²) in [7, 11) is -2.80. The van der Waals surface area contributed by atoms with E-state index in [1.807, 2.05) is 0 Å². The lowest BCUT2D eigenvalue weighted by molar-refractivity contribution is 0.587. The van der Waals surface area contributed by atoms with Crippen LogP contribution in [-0.4, -0.2) is 38.9 Å². The van der Waals surface area contributed by atoms with E-state index < -0.39 is 9.84 Å². The number of rotatable bonds is 9. The first-order valence-corrected chi connectivity index (χ1v) is 7.45. The highest BCUT2D eigenvalue weighted by molar-refractivity contribution is 7.91. The Kier molecular flexibility index (Phi) is 8.63. The molecule has 0 aromatic rings. The molecule has 0 aromatic heterocycles. The summed E-state index contributed by atoms with van der Waals surface area (Å²) < 4.78 is 22.2. The number of halogens is 1. The number of nitrogens with one attached hydrogen (secondary N) is 1. The first-order chi connectivity index (χ1) is 6.62. The first kappa shape index (κ1) is 14.2. The average Bonchev–Trinajstić information content (AvgIpc) is 2.16. The third kappa shape index (κ3) is 8.78. The topological polar surface area (TPSA) is 46.2 Å². The minimum absolute atomic E-state index is 0.237. The molecule has 86 valence electrons. The lowest BCUT2D eigenvalue weighted by Gasteiger charge is -2.03. The fourth-order valence-corrected chi connectivity index (χ4v) is 1.95. The Bertz CT molecular complexity index is 217. The molecule has 0 saturated carbocycles. The molecule has 0 radical (unpaired) electrons. The van der Waals surface area contributed by atoms with E-state index in [2.05, 4.69) is 5.32 Å². The molecular formula is C9H20ClNO2S. The lowest BCUT2D eigenvalue weighted by atomic mass is 10.2. The smallest absolute Gasteiger partial charge is 0.151 e. The number of alkyl halides is 1. The van der Waals surface area contributed by atoms with Crippen LogP contribution in [0.1, 0.15) is 26.2 Å². The molecule has 0 spiro atoms. The van der Waals surface area contributed by atoms with Gasteiger partial charge in [-0.05, 0) is 19.4 Å². The third-order valence-electron chi connectivity index (χ3n) is 2.02. The van der Waals surface area contributed by atoms with E-state index in [9.17, 15) is 8.42 Å². The van der Waals surface area contributed by atoms with Crippen molar-refractivity contribution >= 4 is 21.4 Å². The molecular weight excluding hydrogens is 222 g/mol. The van der Waals surface area contributed by atoms with Gasteiger partial charge in [-0.2, -0.15) is 0 Å². The quantitative estimate of drug-likeness (QED) is 0.491. The van der Waals surface area contributed by atoms with E-state index in [4.69, 9.17) is 11.6 Å². The van der Waals surface area contributed by atoms with Crippen LogP contribution in [-0.2, 0) is 9.84 Å². The van der Waals surface area contributed by atoms with Gasteiger partial charge in [0.05, 0.1) is 5.75 Å². The molecule has 5 heteroatoms. The predicted molar refractivity (Wildman–Crippen MR) is 61.8 cm³/mol. The van der Waals surface area contributed by atoms with Crippen molar-refractivity contribution in [2.24, 2.45) is 0 Å². The molecule has 0 aliphatic carbocycles. The van der Waals surface area contributed by atoms with Gasteiger partial charge in [-0.25, -0.2) is 8.42 Å². The van der Waals surface area contributed by atoms with Crippen LogP contribution in [0.4, 0.5) is 0 Å². The Morgan fingerprint density at radius 2 is 1.86 bits per heavy atom. The van der Waals surface area contributed by atoms with Crippen LogP contribution in [0, 0.1) is 0 Å². The summed E-state index contributed by atoms with van der Waals surface area (Å²) >= 11 is 5.52. The van der Waals surface area contributed by atoms with Gasteiger partial charge in [-0.1, -0.05) is 13.3 Å². The van der Waals surface area contributed by atoms with Crippen molar-refractivity contribution < 1.29 is 8.42 Å². The minimum atomic E-state index is -2.80. The highest BCUT2D eigenvalue weighted by atomic mass is 35.5. The lowest BCUT2D eigenvalue weighted by Crippen LogP contribution is -2.24. The first-order valence-electron chi connectivity index (χ1n) is 5.09. The molecule has 0 bridgehead atoms. The van der Waals surface area contributed by atoms with E-state index >= 15 is 0 Å². The van der Waals surface area contributed by atoms with Crippen molar-refractivity contribution in [3.05, 3.63) is 0 Å². The molecule has 1 N–H and O–H groups in total. The standard InChI is InChI=1S/C9H20ClNO2S/c1-2-14(12,13)9-8-11-7-5-3-4-6-10/h11H,2-9H2,1H3. The zero-order valence-electron chi connectivity index (χ0n) is 8.76. The van der Waals surface area contributed by atoms with Crippen molar-refractivity contribution in [1.29, 1.82) is 0 Å². The Morgan fingerprint density at radius 3 is 2.43 bits per heavy atom. The third-order valence-corrected chi connectivity index (χ3v) is 3.99. The van der Waals surface area contributed by atoms with Gasteiger partial charge < -0.3 is 5.32 Å². The molecule has 0 aliphatic heterocycles. The maximum atomic E-state index is 11.1. The Labute approximate surface area is 92.1 Å². The number of hydrogen-bond acceptors (Lipinski definition) is 3. The summed E-state index contributed by atoms with van der Waals surface area (Å²) in [6.45, 7) is 3.13. The van der Waals surface area contributed by atoms with Crippen LogP contribution in [0.2, 0.25) is 0 Å². The second kappa shape index (κ2) is 8.50. The van der Waals surface area contributed by atoms with E-state index in [1.165, 1.54) is 0 Å². The molecule has 0 unspecified atom stereocenters. The van der Waals surface area contributed by atoms with Crippen LogP contribution >= 0.6 is 11.6 Å². The van der Waals surface area contributed by atoms with Crippen molar-refractivity contribution in [2.75, 3.05) is 30.5 Å². The Morgan fingerprint density at radius 1 is 1.14 bits per heavy atom. The Hall–Kier alpha value is 0.200. The molecule has 0 aromatic carbocycles. The van der Waals surface area contributed by atoms with Gasteiger partial charge in [0.2, 0.25) is 0 Å². The molecule has 0 amide bonds. The average molecular weight is 242 g/mol. The predicted octanol–water partition coefficient (Wildman–Crippen LogP) is 1.42. The molecule has 0 fully saturated rings. The molecule has 0 aliphatic rings. The van der Waals surface area contributed by atoms with Crippen LogP contribution in [0.3, 0.4) is 0 Å². The Balaban J connectivity index is 3.22. The largest absolute Gasteiger partial charge is 0.316 e. The monoisotopic (exact) mass is 241 g/mol. The molecule has 0 rings (SSSR count). The normalized spacial score (nSPS) is 11.9. The number of hydrogen-bond donors (Lipinski definition) is 1. The second-order valence-corrected chi connectivity index (χ2v) is 6.09. The van der Waals surface area contributed by atoms with E-state index in [0.717, 1.165) is 25.8 Å². The zero-order chi connectivity index (χ0) is 10.9. The number of unbranched alkanes of at least 4 members (excludes halogenated alkanes) is 2. The summed E-state index contributed by atoms with van der Waals surface area (Å²) in [4.78, 5) is 0. The van der Waals surface area contributed by atoms with Crippen LogP contribution < -0.4 is 5.32 Å². The fourth-order valence-electron chi connectivity index (χ4n) is 1.02. The van der Waals surface area contributed by atoms with Gasteiger partial charge in [-0.15, -0.1) is 11.6 Å². The highest BCUT2D eigenvalue weighted by Crippen LogP contribution is 1.95. The summed E-state index contributed by atoms with van der Waals surface area (Å²) in [5, 5.41) is 3.11. The minimum Gasteiger partial charge on any atom is -0.316 e. The van der Waals surface area contributed by atoms with Crippen molar-refractivity contribution in [2.45, 2.75) is 26.2 Å². The summed E-state index contributed by atoms with van der Waals surface area (Å²) in [5.74, 6) is 1.20. The maximum absolute atomic E-state index is 11.1. The van der Waals surface area contributed by atoms with Crippen molar-refractivity contribution in [3.63, 3.8) is 0 Å². The summed E-state index contributed by atoms with van der Waals surface area (Å²) in [5.41, 5.74) is 0. The van der Waals surface area contributed by atoms with E-state index in [1.54, 1.807) is 6.92 Å². The van der Waals surface area contributed by atoms with Crippen LogP contribution in [0.15, 0.2) is 0 Å². The van der Waals surface area contributed by atoms with Crippen molar-refractivity contribution in [3.8, 4) is 0 Å². The van der Waals surface area contributed by atoms with E-state index in [-0.39, 0.29) is 11.5 Å². The fraction of sp³-hybridized carbons (Fsp3) is 1.00. The molecule has 14 heavy (non-hydrogen) atoms. The number of sulfone groups is 1. The van der Waals surface area contributed by atoms with Crippen LogP contribution in [0.5, 0.6) is 0 Å². The van der Waals surface area contributed by atoms with Gasteiger partial charge in [0, 0.05) is 18.2 Å². The van der Waals surface area contributed by atoms with E-state index in [0.29, 0.717) is 12.4 Å². The van der Waals surface area contributed by atoms with Gasteiger partial charge in [0.25, 0.3) is 0 Å². The molecule has 0 heterocycles. The van der Waals surface area contributed by atoms with Crippen LogP contribution in [0.25, 0.3) is 0 Å². The van der Waals surface area contributed by atoms with Gasteiger partial charge in [-0.3, -0.25) is 0 Å². The SMILES string of the molecule is CCS(=O)(=O)CCNCCCCCCl. The highest BCUT2D eigenvalue weighted by Gasteiger charge is 2.05. The maximum Gasteiger partial charge on any atom is 0.151 e. The molecule has 0 saturated heterocycles. The van der Waals surface area contributed by atoms with Gasteiger partial charge in [0.1, 0.15) is 0 Å². The molecule has 3 nitrogen and oxygen atoms in total. The molecule has 0 atom stereocenters. The van der Waals surface area contributed by atoms with Gasteiger partial charge in [0.15, 0.2) is 9.84 Å².